The van der Waals surface area contributed by atoms with E-state index in [0.29, 0.717) is 29.8 Å². The molecule has 5 nitrogen and oxygen atoms in total. The van der Waals surface area contributed by atoms with Crippen LogP contribution >= 0.6 is 0 Å². The third-order valence-electron chi connectivity index (χ3n) is 4.07. The predicted molar refractivity (Wildman–Crippen MR) is 94.6 cm³/mol. The van der Waals surface area contributed by atoms with Gasteiger partial charge in [0.15, 0.2) is 0 Å². The van der Waals surface area contributed by atoms with Gasteiger partial charge in [0.05, 0.1) is 6.54 Å². The predicted octanol–water partition coefficient (Wildman–Crippen LogP) is 3.63. The lowest BCUT2D eigenvalue weighted by Crippen LogP contribution is -2.08. The Morgan fingerprint density at radius 2 is 1.84 bits per heavy atom. The van der Waals surface area contributed by atoms with E-state index in [-0.39, 0.29) is 5.82 Å². The van der Waals surface area contributed by atoms with Crippen molar-refractivity contribution in [2.24, 2.45) is 0 Å². The van der Waals surface area contributed by atoms with Crippen molar-refractivity contribution < 1.29 is 4.39 Å². The van der Waals surface area contributed by atoms with Gasteiger partial charge >= 0.3 is 0 Å². The van der Waals surface area contributed by atoms with Crippen molar-refractivity contribution >= 4 is 16.7 Å². The van der Waals surface area contributed by atoms with Crippen molar-refractivity contribution in [3.8, 4) is 0 Å². The number of para-hydroxylation sites is 1. The molecule has 6 heteroatoms. The Morgan fingerprint density at radius 1 is 0.960 bits per heavy atom. The Bertz CT molecular complexity index is 998. The van der Waals surface area contributed by atoms with Crippen molar-refractivity contribution in [2.75, 3.05) is 5.32 Å². The first-order chi connectivity index (χ1) is 12.3. The molecule has 0 atom stereocenters. The Labute approximate surface area is 144 Å². The highest BCUT2D eigenvalue weighted by Gasteiger charge is 2.08. The number of nitrogens with one attached hydrogen (secondary N) is 1. The minimum Gasteiger partial charge on any atom is -0.365 e. The number of hydrogen-bond acceptors (Lipinski definition) is 4. The van der Waals surface area contributed by atoms with Crippen LogP contribution < -0.4 is 5.32 Å². The van der Waals surface area contributed by atoms with Crippen LogP contribution in [-0.2, 0) is 13.1 Å². The molecule has 0 aliphatic heterocycles. The average Bonchev–Trinajstić information content (AvgIpc) is 3.15. The van der Waals surface area contributed by atoms with E-state index in [1.165, 1.54) is 18.0 Å². The van der Waals surface area contributed by atoms with Crippen LogP contribution in [0.5, 0.6) is 0 Å². The molecule has 2 aromatic heterocycles. The summed E-state index contributed by atoms with van der Waals surface area (Å²) in [4.78, 5) is 8.29. The molecule has 0 spiro atoms. The average molecular weight is 333 g/mol. The standard InChI is InChI=1S/C19H16FN5/c20-17-8-3-7-16-18(17)22-13-23-19(16)21-11-14-5-1-2-6-15(14)12-25-10-4-9-24-25/h1-10,13H,11-12H2,(H,21,22,23). The van der Waals surface area contributed by atoms with Gasteiger partial charge in [-0.1, -0.05) is 30.3 Å². The second-order valence-corrected chi connectivity index (χ2v) is 5.68. The number of fused-ring (bicyclic) bond motifs is 1. The Kier molecular flexibility index (Phi) is 4.08. The molecule has 0 bridgehead atoms. The fourth-order valence-corrected chi connectivity index (χ4v) is 2.82. The van der Waals surface area contributed by atoms with E-state index in [0.717, 1.165) is 5.56 Å². The molecule has 0 unspecified atom stereocenters. The van der Waals surface area contributed by atoms with E-state index in [1.807, 2.05) is 35.1 Å². The second-order valence-electron chi connectivity index (χ2n) is 5.68. The third kappa shape index (κ3) is 3.19. The Morgan fingerprint density at radius 3 is 2.68 bits per heavy atom. The smallest absolute Gasteiger partial charge is 0.149 e. The highest BCUT2D eigenvalue weighted by molar-refractivity contribution is 5.89. The fraction of sp³-hybridized carbons (Fsp3) is 0.105. The SMILES string of the molecule is Fc1cccc2c(NCc3ccccc3Cn3cccn3)ncnc12. The van der Waals surface area contributed by atoms with Gasteiger partial charge in [0.2, 0.25) is 0 Å². The minimum atomic E-state index is -0.345. The molecule has 0 saturated heterocycles. The van der Waals surface area contributed by atoms with Gasteiger partial charge in [0.1, 0.15) is 23.5 Å². The van der Waals surface area contributed by atoms with Crippen LogP contribution in [0.3, 0.4) is 0 Å². The van der Waals surface area contributed by atoms with Crippen LogP contribution in [0.2, 0.25) is 0 Å². The van der Waals surface area contributed by atoms with Crippen molar-refractivity contribution in [3.05, 3.63) is 84.2 Å². The lowest BCUT2D eigenvalue weighted by Gasteiger charge is -2.12. The highest BCUT2D eigenvalue weighted by Crippen LogP contribution is 2.22. The molecule has 4 aromatic rings. The summed E-state index contributed by atoms with van der Waals surface area (Å²) in [7, 11) is 0. The topological polar surface area (TPSA) is 55.6 Å². The fourth-order valence-electron chi connectivity index (χ4n) is 2.82. The maximum atomic E-state index is 13.9. The molecular formula is C19H16FN5. The zero-order valence-corrected chi connectivity index (χ0v) is 13.4. The molecule has 2 heterocycles. The first kappa shape index (κ1) is 15.3. The lowest BCUT2D eigenvalue weighted by molar-refractivity contribution is 0.636. The van der Waals surface area contributed by atoms with Crippen LogP contribution in [0.1, 0.15) is 11.1 Å². The van der Waals surface area contributed by atoms with E-state index in [2.05, 4.69) is 32.5 Å². The van der Waals surface area contributed by atoms with Crippen LogP contribution in [-0.4, -0.2) is 19.7 Å². The van der Waals surface area contributed by atoms with Gasteiger partial charge in [0.25, 0.3) is 0 Å². The molecule has 0 saturated carbocycles. The molecule has 124 valence electrons. The van der Waals surface area contributed by atoms with Crippen LogP contribution in [0.15, 0.2) is 67.3 Å². The Hall–Kier alpha value is -3.28. The number of anilines is 1. The number of benzene rings is 2. The van der Waals surface area contributed by atoms with Crippen LogP contribution in [0, 0.1) is 5.82 Å². The van der Waals surface area contributed by atoms with Gasteiger partial charge in [-0.05, 0) is 29.3 Å². The molecule has 0 fully saturated rings. The summed E-state index contributed by atoms with van der Waals surface area (Å²) >= 11 is 0. The Balaban J connectivity index is 1.59. The normalized spacial score (nSPS) is 10.9. The molecule has 0 aliphatic carbocycles. The van der Waals surface area contributed by atoms with Crippen molar-refractivity contribution in [1.29, 1.82) is 0 Å². The summed E-state index contributed by atoms with van der Waals surface area (Å²) in [6, 6.07) is 14.9. The largest absolute Gasteiger partial charge is 0.365 e. The number of rotatable bonds is 5. The van der Waals surface area contributed by atoms with Gasteiger partial charge in [0, 0.05) is 24.3 Å². The minimum absolute atomic E-state index is 0.324. The number of halogens is 1. The summed E-state index contributed by atoms with van der Waals surface area (Å²) in [5.41, 5.74) is 2.63. The zero-order chi connectivity index (χ0) is 17.1. The van der Waals surface area contributed by atoms with Gasteiger partial charge in [-0.2, -0.15) is 5.10 Å². The lowest BCUT2D eigenvalue weighted by atomic mass is 10.1. The molecule has 0 radical (unpaired) electrons. The summed E-state index contributed by atoms with van der Waals surface area (Å²) in [5, 5.41) is 8.23. The van der Waals surface area contributed by atoms with E-state index in [9.17, 15) is 4.39 Å². The van der Waals surface area contributed by atoms with Crippen molar-refractivity contribution in [2.45, 2.75) is 13.1 Å². The molecule has 25 heavy (non-hydrogen) atoms. The quantitative estimate of drug-likeness (QED) is 0.606. The van der Waals surface area contributed by atoms with Gasteiger partial charge < -0.3 is 5.32 Å². The monoisotopic (exact) mass is 333 g/mol. The summed E-state index contributed by atoms with van der Waals surface area (Å²) in [6.45, 7) is 1.28. The first-order valence-electron chi connectivity index (χ1n) is 7.98. The highest BCUT2D eigenvalue weighted by atomic mass is 19.1. The molecule has 2 aromatic carbocycles. The molecular weight excluding hydrogens is 317 g/mol. The van der Waals surface area contributed by atoms with Gasteiger partial charge in [-0.3, -0.25) is 4.68 Å². The van der Waals surface area contributed by atoms with Crippen LogP contribution in [0.25, 0.3) is 10.9 Å². The maximum Gasteiger partial charge on any atom is 0.149 e. The second kappa shape index (κ2) is 6.68. The van der Waals surface area contributed by atoms with E-state index in [1.54, 1.807) is 12.3 Å². The first-order valence-corrected chi connectivity index (χ1v) is 7.98. The molecule has 0 aliphatic rings. The maximum absolute atomic E-state index is 13.9. The number of nitrogens with zero attached hydrogens (tertiary/aromatic N) is 4. The zero-order valence-electron chi connectivity index (χ0n) is 13.4. The van der Waals surface area contributed by atoms with E-state index >= 15 is 0 Å². The van der Waals surface area contributed by atoms with E-state index in [4.69, 9.17) is 0 Å². The van der Waals surface area contributed by atoms with E-state index < -0.39 is 0 Å². The van der Waals surface area contributed by atoms with Crippen molar-refractivity contribution in [1.82, 2.24) is 19.7 Å². The van der Waals surface area contributed by atoms with Crippen molar-refractivity contribution in [3.63, 3.8) is 0 Å². The molecule has 4 rings (SSSR count). The summed E-state index contributed by atoms with van der Waals surface area (Å²) in [6.07, 6.45) is 5.08. The number of aromatic nitrogens is 4. The number of hydrogen-bond donors (Lipinski definition) is 1. The van der Waals surface area contributed by atoms with Gasteiger partial charge in [-0.15, -0.1) is 0 Å². The van der Waals surface area contributed by atoms with Gasteiger partial charge in [-0.25, -0.2) is 14.4 Å². The molecule has 0 amide bonds. The summed E-state index contributed by atoms with van der Waals surface area (Å²) < 4.78 is 15.8. The molecule has 1 N–H and O–H groups in total. The van der Waals surface area contributed by atoms with Crippen LogP contribution in [0.4, 0.5) is 10.2 Å². The third-order valence-corrected chi connectivity index (χ3v) is 4.07. The summed E-state index contributed by atoms with van der Waals surface area (Å²) in [5.74, 6) is 0.278.